The number of anilines is 1. The Hall–Kier alpha value is -9.19. The second-order valence-corrected chi connectivity index (χ2v) is 13.7. The molecule has 0 bridgehead atoms. The molecule has 4 aromatic carbocycles. The Kier molecular flexibility index (Phi) is 12.3. The summed E-state index contributed by atoms with van der Waals surface area (Å²) in [5.74, 6) is 52.4. The van der Waals surface area contributed by atoms with Crippen molar-refractivity contribution in [2.45, 2.75) is 38.5 Å². The Bertz CT molecular complexity index is 3350. The van der Waals surface area contributed by atoms with Crippen LogP contribution >= 0.6 is 0 Å². The van der Waals surface area contributed by atoms with Gasteiger partial charge >= 0.3 is 0 Å². The molecule has 268 valence electrons. The molecule has 0 fully saturated rings. The van der Waals surface area contributed by atoms with E-state index in [0.29, 0.717) is 0 Å². The zero-order chi connectivity index (χ0) is 41.5. The van der Waals surface area contributed by atoms with Crippen molar-refractivity contribution in [3.63, 3.8) is 0 Å². The smallest absolute Gasteiger partial charge is 0.243 e. The Morgan fingerprint density at radius 3 is 1.61 bits per heavy atom. The van der Waals surface area contributed by atoms with Crippen molar-refractivity contribution in [3.05, 3.63) is 120 Å². The first-order valence-corrected chi connectivity index (χ1v) is 18.3. The maximum absolute atomic E-state index is 5.10. The van der Waals surface area contributed by atoms with Crippen molar-refractivity contribution >= 4 is 38.6 Å². The van der Waals surface area contributed by atoms with Gasteiger partial charge < -0.3 is 0 Å². The van der Waals surface area contributed by atoms with Gasteiger partial charge in [0.15, 0.2) is 0 Å². The number of fused-ring (bicyclic) bond motifs is 6. The maximum Gasteiger partial charge on any atom is 0.243 e. The first-order chi connectivity index (χ1) is 28.8. The molecule has 6 rings (SSSR count). The lowest BCUT2D eigenvalue weighted by Gasteiger charge is -2.23. The molecule has 0 saturated carbocycles. The summed E-state index contributed by atoms with van der Waals surface area (Å²) in [6.45, 7) is 8.89. The number of allylic oxidation sites excluding steroid dienone is 6. The van der Waals surface area contributed by atoms with Crippen molar-refractivity contribution in [1.82, 2.24) is 0 Å². The van der Waals surface area contributed by atoms with Crippen LogP contribution in [-0.2, 0) is 10.8 Å². The quantitative estimate of drug-likeness (QED) is 0.116. The molecule has 0 aliphatic carbocycles. The minimum absolute atomic E-state index is 0.369. The van der Waals surface area contributed by atoms with Crippen LogP contribution in [0.3, 0.4) is 0 Å². The molecule has 2 nitrogen and oxygen atoms in total. The van der Waals surface area contributed by atoms with Gasteiger partial charge in [0.1, 0.15) is 0 Å². The fourth-order valence-corrected chi connectivity index (χ4v) is 7.12. The van der Waals surface area contributed by atoms with Gasteiger partial charge in [-0.2, -0.15) is 0 Å². The highest BCUT2D eigenvalue weighted by atomic mass is 15.2. The molecule has 0 N–H and O–H groups in total. The normalized spacial score (nSPS) is 13.5. The van der Waals surface area contributed by atoms with Gasteiger partial charge in [0.05, 0.1) is 17.0 Å². The lowest BCUT2D eigenvalue weighted by Crippen LogP contribution is -2.26. The predicted octanol–water partition coefficient (Wildman–Crippen LogP) is 8.38. The molecule has 2 heterocycles. The van der Waals surface area contributed by atoms with Gasteiger partial charge in [0.25, 0.3) is 0 Å². The third-order valence-electron chi connectivity index (χ3n) is 9.52. The summed E-state index contributed by atoms with van der Waals surface area (Å²) in [5, 5.41) is 4.70. The number of rotatable bonds is 3. The van der Waals surface area contributed by atoms with E-state index in [1.165, 1.54) is 32.7 Å². The van der Waals surface area contributed by atoms with Crippen LogP contribution in [0.4, 0.5) is 11.4 Å². The van der Waals surface area contributed by atoms with Crippen molar-refractivity contribution in [2.24, 2.45) is 0 Å². The van der Waals surface area contributed by atoms with E-state index < -0.39 is 0 Å². The molecule has 0 saturated heterocycles. The van der Waals surface area contributed by atoms with E-state index >= 15 is 0 Å². The lowest BCUT2D eigenvalue weighted by atomic mass is 9.79. The van der Waals surface area contributed by atoms with Gasteiger partial charge in [-0.1, -0.05) is 86.7 Å². The summed E-state index contributed by atoms with van der Waals surface area (Å²) in [6.07, 6.45) is 20.5. The van der Waals surface area contributed by atoms with Gasteiger partial charge in [-0.25, -0.2) is 0 Å². The molecule has 0 aromatic heterocycles. The zero-order valence-corrected chi connectivity index (χ0v) is 32.9. The van der Waals surface area contributed by atoms with Gasteiger partial charge in [0.2, 0.25) is 17.4 Å². The number of terminal acetylenes is 2. The molecule has 2 aliphatic heterocycles. The van der Waals surface area contributed by atoms with Gasteiger partial charge in [-0.15, -0.1) is 17.4 Å². The van der Waals surface area contributed by atoms with E-state index in [4.69, 9.17) is 12.8 Å². The largest absolute Gasteiger partial charge is 0.272 e. The van der Waals surface area contributed by atoms with Crippen molar-refractivity contribution in [2.75, 3.05) is 4.90 Å². The summed E-state index contributed by atoms with van der Waals surface area (Å²) in [5.41, 5.74) is 5.73. The van der Waals surface area contributed by atoms with E-state index in [1.54, 1.807) is 0 Å². The van der Waals surface area contributed by atoms with Crippen LogP contribution in [0.15, 0.2) is 109 Å². The summed E-state index contributed by atoms with van der Waals surface area (Å²) in [6, 6.07) is 31.9. The maximum atomic E-state index is 5.10. The van der Waals surface area contributed by atoms with E-state index in [-0.39, 0.29) is 10.8 Å². The van der Waals surface area contributed by atoms with Gasteiger partial charge in [-0.3, -0.25) is 4.90 Å². The zero-order valence-electron chi connectivity index (χ0n) is 32.9. The number of hydrogen-bond donors (Lipinski definition) is 0. The molecule has 59 heavy (non-hydrogen) atoms. The molecule has 4 aromatic rings. The number of benzene rings is 4. The molecule has 0 atom stereocenters. The highest BCUT2D eigenvalue weighted by molar-refractivity contribution is 6.08. The molecule has 0 radical (unpaired) electrons. The minimum atomic E-state index is -0.369. The number of hydrogen-bond acceptors (Lipinski definition) is 1. The predicted molar refractivity (Wildman–Crippen MR) is 243 cm³/mol. The summed E-state index contributed by atoms with van der Waals surface area (Å²) in [7, 11) is 0. The standard InChI is InChI=1S/C57H31N2/c1-7-9-11-13-15-17-19-21-23-32-44-58-50-42-40-46-34-28-30-36-48(46)54(50)56(3,4)52(58)38-26-25-27-39-53-57(5,6)55-49-37-31-29-35-47(49)41-43-51(55)59(53)45-33-24-22-20-18-16-14-12-10-8-2/h1-2,25-31,34-43H,3-6H3/q+1. The molecule has 2 heteroatoms. The Morgan fingerprint density at radius 1 is 0.508 bits per heavy atom. The summed E-state index contributed by atoms with van der Waals surface area (Å²) >= 11 is 0. The van der Waals surface area contributed by atoms with Crippen LogP contribution < -0.4 is 4.90 Å². The molecule has 2 aliphatic rings. The highest BCUT2D eigenvalue weighted by Crippen LogP contribution is 2.50. The van der Waals surface area contributed by atoms with Crippen molar-refractivity contribution < 1.29 is 4.58 Å². The molecule has 0 unspecified atom stereocenters. The third kappa shape index (κ3) is 8.71. The highest BCUT2D eigenvalue weighted by Gasteiger charge is 2.46. The van der Waals surface area contributed by atoms with Crippen LogP contribution in [0.1, 0.15) is 38.8 Å². The van der Waals surface area contributed by atoms with E-state index in [1.807, 2.05) is 27.7 Å². The van der Waals surface area contributed by atoms with Crippen LogP contribution in [0.25, 0.3) is 21.5 Å². The fraction of sp³-hybridized carbons (Fsp3) is 0.105. The average molecular weight is 744 g/mol. The monoisotopic (exact) mass is 743 g/mol. The SMILES string of the molecule is C#CC#CC#CC#CC#CC#CN1C(=CC=CC=CC2=[N+](C#CC#CC#CC#CC#CC#C)c3ccc4ccccc4c3C2(C)C)C(C)(C)c2c1ccc1ccccc21. The molecular formula is C57H31N2+. The summed E-state index contributed by atoms with van der Waals surface area (Å²) < 4.78 is 2.02. The Balaban J connectivity index is 1.36. The van der Waals surface area contributed by atoms with E-state index in [2.05, 4.69) is 243 Å². The number of nitrogens with zero attached hydrogens (tertiary/aromatic N) is 2. The van der Waals surface area contributed by atoms with Crippen molar-refractivity contribution in [1.29, 1.82) is 0 Å². The average Bonchev–Trinajstić information content (AvgIpc) is 3.60. The fourth-order valence-electron chi connectivity index (χ4n) is 7.12. The first kappa shape index (κ1) is 39.5. The molecular weight excluding hydrogens is 713 g/mol. The Labute approximate surface area is 348 Å². The Morgan fingerprint density at radius 2 is 1.02 bits per heavy atom. The van der Waals surface area contributed by atoms with Crippen molar-refractivity contribution in [3.8, 4) is 143 Å². The van der Waals surface area contributed by atoms with E-state index in [9.17, 15) is 0 Å². The van der Waals surface area contributed by atoms with Gasteiger partial charge in [-0.05, 0) is 118 Å². The minimum Gasteiger partial charge on any atom is -0.272 e. The van der Waals surface area contributed by atoms with E-state index in [0.717, 1.165) is 22.8 Å². The van der Waals surface area contributed by atoms with Crippen LogP contribution in [0.2, 0.25) is 0 Å². The first-order valence-electron chi connectivity index (χ1n) is 18.3. The third-order valence-corrected chi connectivity index (χ3v) is 9.52. The van der Waals surface area contributed by atoms with Crippen LogP contribution in [-0.4, -0.2) is 10.3 Å². The van der Waals surface area contributed by atoms with Crippen LogP contribution in [0.5, 0.6) is 0 Å². The second-order valence-electron chi connectivity index (χ2n) is 13.7. The molecule has 0 amide bonds. The van der Waals surface area contributed by atoms with Gasteiger partial charge in [0, 0.05) is 88.1 Å². The van der Waals surface area contributed by atoms with Crippen LogP contribution in [0, 0.1) is 143 Å². The topological polar surface area (TPSA) is 6.25 Å². The second kappa shape index (κ2) is 18.4. The lowest BCUT2D eigenvalue weighted by molar-refractivity contribution is -0.332. The summed E-state index contributed by atoms with van der Waals surface area (Å²) in [4.78, 5) is 2.02. The molecule has 0 spiro atoms.